The van der Waals surface area contributed by atoms with Crippen LogP contribution in [0.2, 0.25) is 0 Å². The van der Waals surface area contributed by atoms with Gasteiger partial charge in [0.25, 0.3) is 0 Å². The van der Waals surface area contributed by atoms with Crippen LogP contribution in [0.1, 0.15) is 47.9 Å². The molecule has 1 fully saturated rings. The van der Waals surface area contributed by atoms with Gasteiger partial charge >= 0.3 is 0 Å². The quantitative estimate of drug-likeness (QED) is 0.501. The number of hydrogen-bond donors (Lipinski definition) is 0. The summed E-state index contributed by atoms with van der Waals surface area (Å²) in [6.07, 6.45) is 4.63. The Morgan fingerprint density at radius 1 is 1.31 bits per heavy atom. The Morgan fingerprint density at radius 2 is 2.21 bits per heavy atom. The Morgan fingerprint density at radius 3 is 2.97 bits per heavy atom. The van der Waals surface area contributed by atoms with Gasteiger partial charge < -0.3 is 9.30 Å². The molecule has 0 N–H and O–H groups in total. The first-order chi connectivity index (χ1) is 14.1. The highest BCUT2D eigenvalue weighted by Gasteiger charge is 2.26. The fraction of sp³-hybridized carbons (Fsp3) is 0.364. The van der Waals surface area contributed by atoms with Gasteiger partial charge in [-0.3, -0.25) is 4.98 Å². The topological polar surface area (TPSA) is 76.6 Å². The summed E-state index contributed by atoms with van der Waals surface area (Å²) in [5, 5.41) is 13.6. The van der Waals surface area contributed by atoms with E-state index in [2.05, 4.69) is 32.9 Å². The Labute approximate surface area is 172 Å². The van der Waals surface area contributed by atoms with E-state index in [0.717, 1.165) is 57.9 Å². The molecule has 1 saturated heterocycles. The Bertz CT molecular complexity index is 1250. The molecule has 1 aliphatic heterocycles. The lowest BCUT2D eigenvalue weighted by atomic mass is 10.0. The zero-order chi connectivity index (χ0) is 20.0. The van der Waals surface area contributed by atoms with E-state index in [-0.39, 0.29) is 6.10 Å². The second-order valence-electron chi connectivity index (χ2n) is 7.63. The van der Waals surface area contributed by atoms with Crippen LogP contribution in [0.15, 0.2) is 29.8 Å². The molecule has 0 bridgehead atoms. The van der Waals surface area contributed by atoms with Gasteiger partial charge in [0.2, 0.25) is 0 Å². The van der Waals surface area contributed by atoms with E-state index in [4.69, 9.17) is 9.72 Å². The van der Waals surface area contributed by atoms with E-state index in [0.29, 0.717) is 18.0 Å². The highest BCUT2D eigenvalue weighted by molar-refractivity contribution is 7.09. The summed E-state index contributed by atoms with van der Waals surface area (Å²) < 4.78 is 8.17. The molecule has 0 aliphatic carbocycles. The molecule has 4 aromatic rings. The van der Waals surface area contributed by atoms with Crippen molar-refractivity contribution in [3.8, 4) is 6.07 Å². The monoisotopic (exact) mass is 403 g/mol. The highest BCUT2D eigenvalue weighted by atomic mass is 32.1. The van der Waals surface area contributed by atoms with Crippen LogP contribution in [0.25, 0.3) is 21.9 Å². The number of aromatic nitrogens is 4. The number of fused-ring (bicyclic) bond motifs is 3. The number of rotatable bonds is 3. The number of benzene rings is 1. The van der Waals surface area contributed by atoms with Crippen LogP contribution in [-0.4, -0.2) is 32.2 Å². The normalized spacial score (nSPS) is 19.6. The molecule has 146 valence electrons. The number of aryl methyl sites for hydroxylation is 1. The first-order valence-corrected chi connectivity index (χ1v) is 10.7. The lowest BCUT2D eigenvalue weighted by Gasteiger charge is -2.30. The molecule has 5 rings (SSSR count). The Balaban J connectivity index is 1.75. The van der Waals surface area contributed by atoms with Gasteiger partial charge in [-0.05, 0) is 44.9 Å². The van der Waals surface area contributed by atoms with E-state index < -0.39 is 0 Å². The molecule has 1 aliphatic rings. The zero-order valence-electron chi connectivity index (χ0n) is 16.4. The smallest absolute Gasteiger partial charge is 0.116 e. The van der Waals surface area contributed by atoms with Gasteiger partial charge in [-0.2, -0.15) is 5.26 Å². The van der Waals surface area contributed by atoms with Gasteiger partial charge in [-0.25, -0.2) is 9.97 Å². The number of nitriles is 1. The SMILES string of the molecule is Cc1nc(Cc2nc3cnc4ccc(C#N)cc4c3n2C2CCO[C@H](C)C2)cs1. The Kier molecular flexibility index (Phi) is 4.53. The van der Waals surface area contributed by atoms with Crippen molar-refractivity contribution >= 4 is 33.3 Å². The second-order valence-corrected chi connectivity index (χ2v) is 8.69. The van der Waals surface area contributed by atoms with Crippen molar-refractivity contribution in [1.82, 2.24) is 19.5 Å². The molecule has 1 aromatic carbocycles. The maximum Gasteiger partial charge on any atom is 0.116 e. The molecule has 0 saturated carbocycles. The highest BCUT2D eigenvalue weighted by Crippen LogP contribution is 2.34. The second kappa shape index (κ2) is 7.21. The molecule has 0 radical (unpaired) electrons. The van der Waals surface area contributed by atoms with Crippen molar-refractivity contribution < 1.29 is 4.74 Å². The predicted molar refractivity (Wildman–Crippen MR) is 113 cm³/mol. The van der Waals surface area contributed by atoms with E-state index in [1.807, 2.05) is 31.3 Å². The summed E-state index contributed by atoms with van der Waals surface area (Å²) in [6.45, 7) is 4.90. The largest absolute Gasteiger partial charge is 0.378 e. The van der Waals surface area contributed by atoms with Crippen molar-refractivity contribution in [1.29, 1.82) is 5.26 Å². The first kappa shape index (κ1) is 18.2. The number of hydrogen-bond acceptors (Lipinski definition) is 6. The van der Waals surface area contributed by atoms with Crippen LogP contribution in [0.3, 0.4) is 0 Å². The molecular formula is C22H21N5OS. The fourth-order valence-electron chi connectivity index (χ4n) is 4.27. The van der Waals surface area contributed by atoms with E-state index >= 15 is 0 Å². The van der Waals surface area contributed by atoms with Crippen LogP contribution < -0.4 is 0 Å². The third-order valence-corrected chi connectivity index (χ3v) is 6.37. The van der Waals surface area contributed by atoms with Crippen LogP contribution in [-0.2, 0) is 11.2 Å². The summed E-state index contributed by atoms with van der Waals surface area (Å²) in [5.41, 5.74) is 4.49. The summed E-state index contributed by atoms with van der Waals surface area (Å²) >= 11 is 1.66. The molecule has 2 atom stereocenters. The molecule has 6 nitrogen and oxygen atoms in total. The lowest BCUT2D eigenvalue weighted by Crippen LogP contribution is -2.26. The average Bonchev–Trinajstić information content (AvgIpc) is 3.30. The molecular weight excluding hydrogens is 382 g/mol. The number of pyridine rings is 1. The maximum atomic E-state index is 9.41. The summed E-state index contributed by atoms with van der Waals surface area (Å²) in [4.78, 5) is 14.2. The van der Waals surface area contributed by atoms with Gasteiger partial charge in [-0.15, -0.1) is 11.3 Å². The van der Waals surface area contributed by atoms with Crippen molar-refractivity contribution in [3.63, 3.8) is 0 Å². The first-order valence-electron chi connectivity index (χ1n) is 9.84. The molecule has 4 heterocycles. The lowest BCUT2D eigenvalue weighted by molar-refractivity contribution is 0.00631. The maximum absolute atomic E-state index is 9.41. The van der Waals surface area contributed by atoms with E-state index in [1.54, 1.807) is 11.3 Å². The third-order valence-electron chi connectivity index (χ3n) is 5.55. The number of nitrogens with zero attached hydrogens (tertiary/aromatic N) is 5. The fourth-order valence-corrected chi connectivity index (χ4v) is 4.89. The van der Waals surface area contributed by atoms with Gasteiger partial charge in [0.1, 0.15) is 11.3 Å². The molecule has 0 amide bonds. The van der Waals surface area contributed by atoms with Gasteiger partial charge in [0, 0.05) is 29.8 Å². The van der Waals surface area contributed by atoms with Crippen LogP contribution >= 0.6 is 11.3 Å². The minimum atomic E-state index is 0.211. The minimum absolute atomic E-state index is 0.211. The zero-order valence-corrected chi connectivity index (χ0v) is 17.2. The Hall–Kier alpha value is -2.82. The predicted octanol–water partition coefficient (Wildman–Crippen LogP) is 4.55. The van der Waals surface area contributed by atoms with E-state index in [9.17, 15) is 5.26 Å². The van der Waals surface area contributed by atoms with E-state index in [1.165, 1.54) is 0 Å². The van der Waals surface area contributed by atoms with Crippen LogP contribution in [0.4, 0.5) is 0 Å². The van der Waals surface area contributed by atoms with Crippen LogP contribution in [0.5, 0.6) is 0 Å². The number of ether oxygens (including phenoxy) is 1. The van der Waals surface area contributed by atoms with Gasteiger partial charge in [-0.1, -0.05) is 0 Å². The average molecular weight is 404 g/mol. The van der Waals surface area contributed by atoms with Gasteiger partial charge in [0.15, 0.2) is 0 Å². The molecule has 0 spiro atoms. The third kappa shape index (κ3) is 3.28. The molecule has 3 aromatic heterocycles. The number of imidazole rings is 1. The van der Waals surface area contributed by atoms with Crippen molar-refractivity contribution in [2.24, 2.45) is 0 Å². The summed E-state index contributed by atoms with van der Waals surface area (Å²) in [6, 6.07) is 8.22. The molecule has 7 heteroatoms. The van der Waals surface area contributed by atoms with Crippen molar-refractivity contribution in [2.45, 2.75) is 45.3 Å². The summed E-state index contributed by atoms with van der Waals surface area (Å²) in [5.74, 6) is 1.00. The molecule has 29 heavy (non-hydrogen) atoms. The van der Waals surface area contributed by atoms with Crippen LogP contribution in [0, 0.1) is 18.3 Å². The van der Waals surface area contributed by atoms with Gasteiger partial charge in [0.05, 0.1) is 45.7 Å². The minimum Gasteiger partial charge on any atom is -0.378 e. The summed E-state index contributed by atoms with van der Waals surface area (Å²) in [7, 11) is 0. The van der Waals surface area contributed by atoms with Crippen molar-refractivity contribution in [3.05, 3.63) is 51.9 Å². The number of thiazole rings is 1. The standard InChI is InChI=1S/C22H21N5OS/c1-13-7-17(5-6-28-13)27-21(9-16-12-29-14(2)25-16)26-20-11-24-19-4-3-15(10-23)8-18(19)22(20)27/h3-4,8,11-13,17H,5-7,9H2,1-2H3/t13-,17?/m1/s1. The van der Waals surface area contributed by atoms with Crippen molar-refractivity contribution in [2.75, 3.05) is 6.61 Å². The molecule has 1 unspecified atom stereocenters.